The lowest BCUT2D eigenvalue weighted by atomic mass is 9.95. The molecule has 0 fully saturated rings. The molecule has 0 aliphatic heterocycles. The number of carbonyl (C=O) groups excluding carboxylic acids is 3. The molecule has 2 aromatic rings. The summed E-state index contributed by atoms with van der Waals surface area (Å²) in [4.78, 5) is 36.6. The molecule has 2 rings (SSSR count). The van der Waals surface area contributed by atoms with Gasteiger partial charge < -0.3 is 14.8 Å². The van der Waals surface area contributed by atoms with Gasteiger partial charge in [0.1, 0.15) is 5.75 Å². The summed E-state index contributed by atoms with van der Waals surface area (Å²) in [5.74, 6) is -0.387. The van der Waals surface area contributed by atoms with E-state index < -0.39 is 17.5 Å². The van der Waals surface area contributed by atoms with Crippen LogP contribution in [0.1, 0.15) is 43.6 Å². The van der Waals surface area contributed by atoms with Crippen LogP contribution >= 0.6 is 0 Å². The van der Waals surface area contributed by atoms with E-state index in [0.717, 1.165) is 5.56 Å². The first-order valence-electron chi connectivity index (χ1n) is 9.58. The van der Waals surface area contributed by atoms with E-state index in [9.17, 15) is 14.4 Å². The highest BCUT2D eigenvalue weighted by molar-refractivity contribution is 6.01. The van der Waals surface area contributed by atoms with E-state index in [2.05, 4.69) is 5.32 Å². The number of ketones is 1. The Labute approximate surface area is 176 Å². The standard InChI is InChI=1S/C24H27NO5/c1-16(30-21(26)14-9-17-7-6-8-20(15-17)29-5)22(27)18-10-12-19(13-11-18)25-23(28)24(2,3)4/h6-16H,1-5H3,(H,25,28)/b14-9+/t16-/m1/s1. The van der Waals surface area contributed by atoms with Crippen molar-refractivity contribution in [2.75, 3.05) is 12.4 Å². The quantitative estimate of drug-likeness (QED) is 0.413. The van der Waals surface area contributed by atoms with Crippen LogP contribution in [0.25, 0.3) is 6.08 Å². The average Bonchev–Trinajstić information content (AvgIpc) is 2.71. The minimum Gasteiger partial charge on any atom is -0.497 e. The third-order valence-corrected chi connectivity index (χ3v) is 4.28. The lowest BCUT2D eigenvalue weighted by molar-refractivity contribution is -0.140. The molecule has 6 nitrogen and oxygen atoms in total. The number of carbonyl (C=O) groups is 3. The Bertz CT molecular complexity index is 939. The van der Waals surface area contributed by atoms with E-state index in [1.54, 1.807) is 49.6 Å². The second-order valence-corrected chi connectivity index (χ2v) is 7.83. The number of ether oxygens (including phenoxy) is 2. The fourth-order valence-electron chi connectivity index (χ4n) is 2.45. The molecule has 1 N–H and O–H groups in total. The van der Waals surface area contributed by atoms with Gasteiger partial charge in [0.05, 0.1) is 7.11 Å². The number of rotatable bonds is 7. The predicted octanol–water partition coefficient (Wildman–Crippen LogP) is 4.51. The van der Waals surface area contributed by atoms with Gasteiger partial charge >= 0.3 is 5.97 Å². The van der Waals surface area contributed by atoms with E-state index in [1.165, 1.54) is 13.0 Å². The molecule has 2 aromatic carbocycles. The second kappa shape index (κ2) is 9.87. The van der Waals surface area contributed by atoms with Crippen LogP contribution in [0.4, 0.5) is 5.69 Å². The highest BCUT2D eigenvalue weighted by atomic mass is 16.5. The maximum Gasteiger partial charge on any atom is 0.331 e. The Morgan fingerprint density at radius 2 is 1.70 bits per heavy atom. The molecule has 158 valence electrons. The van der Waals surface area contributed by atoms with Crippen LogP contribution in [0.5, 0.6) is 5.75 Å². The number of nitrogens with one attached hydrogen (secondary N) is 1. The molecule has 0 saturated carbocycles. The van der Waals surface area contributed by atoms with E-state index in [4.69, 9.17) is 9.47 Å². The molecule has 1 amide bonds. The zero-order chi connectivity index (χ0) is 22.3. The van der Waals surface area contributed by atoms with Crippen LogP contribution in [-0.2, 0) is 14.3 Å². The number of Topliss-reactive ketones (excluding diaryl/α,β-unsaturated/α-hetero) is 1. The van der Waals surface area contributed by atoms with Crippen LogP contribution in [0.3, 0.4) is 0 Å². The number of amides is 1. The Kier molecular flexibility index (Phi) is 7.53. The molecule has 0 spiro atoms. The van der Waals surface area contributed by atoms with Crippen molar-refractivity contribution in [1.29, 1.82) is 0 Å². The molecule has 0 heterocycles. The fourth-order valence-corrected chi connectivity index (χ4v) is 2.45. The fraction of sp³-hybridized carbons (Fsp3) is 0.292. The van der Waals surface area contributed by atoms with Gasteiger partial charge in [0.2, 0.25) is 11.7 Å². The molecule has 0 radical (unpaired) electrons. The molecule has 0 saturated heterocycles. The third kappa shape index (κ3) is 6.58. The molecule has 0 bridgehead atoms. The van der Waals surface area contributed by atoms with E-state index in [-0.39, 0.29) is 11.7 Å². The summed E-state index contributed by atoms with van der Waals surface area (Å²) in [7, 11) is 1.56. The maximum absolute atomic E-state index is 12.5. The van der Waals surface area contributed by atoms with Crippen LogP contribution in [0.15, 0.2) is 54.6 Å². The molecule has 0 unspecified atom stereocenters. The Balaban J connectivity index is 1.95. The number of hydrogen-bond donors (Lipinski definition) is 1. The monoisotopic (exact) mass is 409 g/mol. The van der Waals surface area contributed by atoms with Crippen molar-refractivity contribution < 1.29 is 23.9 Å². The summed E-state index contributed by atoms with van der Waals surface area (Å²) in [6, 6.07) is 13.7. The lowest BCUT2D eigenvalue weighted by Gasteiger charge is -2.18. The molecule has 0 aliphatic rings. The van der Waals surface area contributed by atoms with E-state index in [1.807, 2.05) is 32.9 Å². The maximum atomic E-state index is 12.5. The van der Waals surface area contributed by atoms with Gasteiger partial charge in [0, 0.05) is 22.7 Å². The zero-order valence-electron chi connectivity index (χ0n) is 17.9. The first kappa shape index (κ1) is 22.9. The van der Waals surface area contributed by atoms with E-state index in [0.29, 0.717) is 17.0 Å². The Morgan fingerprint density at radius 3 is 2.30 bits per heavy atom. The highest BCUT2D eigenvalue weighted by Crippen LogP contribution is 2.19. The highest BCUT2D eigenvalue weighted by Gasteiger charge is 2.22. The summed E-state index contributed by atoms with van der Waals surface area (Å²) in [5.41, 5.74) is 1.24. The molecule has 0 aliphatic carbocycles. The smallest absolute Gasteiger partial charge is 0.331 e. The van der Waals surface area contributed by atoms with Gasteiger partial charge in [-0.05, 0) is 55.0 Å². The first-order chi connectivity index (χ1) is 14.1. The summed E-state index contributed by atoms with van der Waals surface area (Å²) in [6.45, 7) is 6.98. The number of hydrogen-bond acceptors (Lipinski definition) is 5. The topological polar surface area (TPSA) is 81.7 Å². The molecule has 0 aromatic heterocycles. The predicted molar refractivity (Wildman–Crippen MR) is 116 cm³/mol. The summed E-state index contributed by atoms with van der Waals surface area (Å²) in [6.07, 6.45) is 1.92. The second-order valence-electron chi connectivity index (χ2n) is 7.83. The van der Waals surface area contributed by atoms with Crippen molar-refractivity contribution in [3.05, 3.63) is 65.7 Å². The Hall–Kier alpha value is -3.41. The molecular formula is C24H27NO5. The summed E-state index contributed by atoms with van der Waals surface area (Å²) < 4.78 is 10.3. The van der Waals surface area contributed by atoms with Gasteiger partial charge in [0.25, 0.3) is 0 Å². The van der Waals surface area contributed by atoms with Crippen LogP contribution in [0.2, 0.25) is 0 Å². The molecule has 6 heteroatoms. The minimum atomic E-state index is -0.942. The number of anilines is 1. The van der Waals surface area contributed by atoms with Gasteiger partial charge in [-0.25, -0.2) is 4.79 Å². The van der Waals surface area contributed by atoms with Gasteiger partial charge in [-0.1, -0.05) is 32.9 Å². The summed E-state index contributed by atoms with van der Waals surface area (Å²) in [5, 5.41) is 2.80. The van der Waals surface area contributed by atoms with Gasteiger partial charge in [-0.2, -0.15) is 0 Å². The number of benzene rings is 2. The lowest BCUT2D eigenvalue weighted by Crippen LogP contribution is -2.27. The summed E-state index contributed by atoms with van der Waals surface area (Å²) >= 11 is 0. The largest absolute Gasteiger partial charge is 0.497 e. The van der Waals surface area contributed by atoms with E-state index >= 15 is 0 Å². The van der Waals surface area contributed by atoms with Crippen LogP contribution in [-0.4, -0.2) is 30.9 Å². The first-order valence-corrected chi connectivity index (χ1v) is 9.58. The van der Waals surface area contributed by atoms with Gasteiger partial charge in [0.15, 0.2) is 6.10 Å². The van der Waals surface area contributed by atoms with Gasteiger partial charge in [-0.3, -0.25) is 9.59 Å². The van der Waals surface area contributed by atoms with Crippen molar-refractivity contribution in [3.8, 4) is 5.75 Å². The van der Waals surface area contributed by atoms with Gasteiger partial charge in [-0.15, -0.1) is 0 Å². The van der Waals surface area contributed by atoms with Crippen molar-refractivity contribution in [2.24, 2.45) is 5.41 Å². The Morgan fingerprint density at radius 1 is 1.03 bits per heavy atom. The molecule has 30 heavy (non-hydrogen) atoms. The number of methoxy groups -OCH3 is 1. The SMILES string of the molecule is COc1cccc(/C=C/C(=O)O[C@H](C)C(=O)c2ccc(NC(=O)C(C)(C)C)cc2)c1. The normalized spacial score (nSPS) is 12.3. The van der Waals surface area contributed by atoms with Crippen LogP contribution < -0.4 is 10.1 Å². The third-order valence-electron chi connectivity index (χ3n) is 4.28. The number of esters is 1. The minimum absolute atomic E-state index is 0.119. The molecular weight excluding hydrogens is 382 g/mol. The van der Waals surface area contributed by atoms with Crippen LogP contribution in [0, 0.1) is 5.41 Å². The average molecular weight is 409 g/mol. The van der Waals surface area contributed by atoms with Crippen molar-refractivity contribution in [1.82, 2.24) is 0 Å². The van der Waals surface area contributed by atoms with Crippen molar-refractivity contribution >= 4 is 29.4 Å². The zero-order valence-corrected chi connectivity index (χ0v) is 17.9. The molecule has 1 atom stereocenters. The van der Waals surface area contributed by atoms with Crippen molar-refractivity contribution in [3.63, 3.8) is 0 Å². The van der Waals surface area contributed by atoms with Crippen molar-refractivity contribution in [2.45, 2.75) is 33.8 Å².